The molecule has 1 aromatic carbocycles. The summed E-state index contributed by atoms with van der Waals surface area (Å²) < 4.78 is 27.5. The molecule has 8 heteroatoms. The van der Waals surface area contributed by atoms with Gasteiger partial charge in [-0.05, 0) is 37.3 Å². The van der Waals surface area contributed by atoms with E-state index in [0.29, 0.717) is 30.4 Å². The first kappa shape index (κ1) is 20.1. The second-order valence-corrected chi connectivity index (χ2v) is 9.92. The van der Waals surface area contributed by atoms with Gasteiger partial charge >= 0.3 is 0 Å². The maximum atomic E-state index is 12.9. The largest absolute Gasteiger partial charge is 0.356 e. The fraction of sp³-hybridized carbons (Fsp3) is 0.524. The molecule has 0 spiro atoms. The van der Waals surface area contributed by atoms with Gasteiger partial charge in [-0.3, -0.25) is 0 Å². The molecule has 0 bridgehead atoms. The Balaban J connectivity index is 1.47. The van der Waals surface area contributed by atoms with Crippen LogP contribution >= 0.6 is 0 Å². The van der Waals surface area contributed by atoms with Gasteiger partial charge < -0.3 is 9.80 Å². The minimum Gasteiger partial charge on any atom is -0.356 e. The summed E-state index contributed by atoms with van der Waals surface area (Å²) in [6, 6.07) is 10.7. The van der Waals surface area contributed by atoms with Crippen molar-refractivity contribution >= 4 is 21.7 Å². The number of benzene rings is 1. The average molecular weight is 416 g/mol. The normalized spacial score (nSPS) is 21.8. The average Bonchev–Trinajstić information content (AvgIpc) is 3.01. The van der Waals surface area contributed by atoms with E-state index in [-0.39, 0.29) is 0 Å². The number of hydrogen-bond donors (Lipinski definition) is 0. The molecule has 2 aliphatic heterocycles. The van der Waals surface area contributed by atoms with Gasteiger partial charge in [0.1, 0.15) is 18.0 Å². The smallest absolute Gasteiger partial charge is 0.243 e. The fourth-order valence-electron chi connectivity index (χ4n) is 4.19. The lowest BCUT2D eigenvalue weighted by Gasteiger charge is -2.32. The Kier molecular flexibility index (Phi) is 6.01. The lowest BCUT2D eigenvalue weighted by Crippen LogP contribution is -2.36. The van der Waals surface area contributed by atoms with E-state index in [2.05, 4.69) is 32.8 Å². The first-order valence-corrected chi connectivity index (χ1v) is 11.9. The van der Waals surface area contributed by atoms with Crippen molar-refractivity contribution < 1.29 is 8.42 Å². The second-order valence-electron chi connectivity index (χ2n) is 7.99. The molecule has 156 valence electrons. The van der Waals surface area contributed by atoms with Gasteiger partial charge in [0.15, 0.2) is 0 Å². The van der Waals surface area contributed by atoms with E-state index >= 15 is 0 Å². The summed E-state index contributed by atoms with van der Waals surface area (Å²) >= 11 is 0. The fourth-order valence-corrected chi connectivity index (χ4v) is 5.68. The summed E-state index contributed by atoms with van der Waals surface area (Å²) in [6.45, 7) is 6.73. The van der Waals surface area contributed by atoms with Gasteiger partial charge in [-0.15, -0.1) is 0 Å². The highest BCUT2D eigenvalue weighted by atomic mass is 32.2. The van der Waals surface area contributed by atoms with Crippen molar-refractivity contribution in [2.24, 2.45) is 5.92 Å². The Morgan fingerprint density at radius 1 is 0.897 bits per heavy atom. The first-order valence-electron chi connectivity index (χ1n) is 10.4. The summed E-state index contributed by atoms with van der Waals surface area (Å²) in [6.07, 6.45) is 4.86. The van der Waals surface area contributed by atoms with E-state index in [1.165, 1.54) is 12.8 Å². The first-order chi connectivity index (χ1) is 14.0. The predicted molar refractivity (Wildman–Crippen MR) is 115 cm³/mol. The van der Waals surface area contributed by atoms with Crippen LogP contribution < -0.4 is 9.80 Å². The minimum absolute atomic E-state index is 0.358. The topological polar surface area (TPSA) is 69.6 Å². The van der Waals surface area contributed by atoms with Gasteiger partial charge in [0.2, 0.25) is 10.0 Å². The summed E-state index contributed by atoms with van der Waals surface area (Å²) in [5.74, 6) is 2.53. The van der Waals surface area contributed by atoms with Gasteiger partial charge in [-0.25, -0.2) is 18.4 Å². The van der Waals surface area contributed by atoms with Gasteiger partial charge in [0.25, 0.3) is 0 Å². The monoisotopic (exact) mass is 415 g/mol. The Morgan fingerprint density at radius 2 is 1.62 bits per heavy atom. The van der Waals surface area contributed by atoms with E-state index in [0.717, 1.165) is 37.7 Å². The Bertz CT molecular complexity index is 922. The van der Waals surface area contributed by atoms with E-state index in [4.69, 9.17) is 0 Å². The van der Waals surface area contributed by atoms with Crippen LogP contribution in [0.1, 0.15) is 26.2 Å². The van der Waals surface area contributed by atoms with Crippen LogP contribution in [0.3, 0.4) is 0 Å². The van der Waals surface area contributed by atoms with Crippen molar-refractivity contribution in [2.75, 3.05) is 49.1 Å². The molecule has 0 radical (unpaired) electrons. The molecule has 29 heavy (non-hydrogen) atoms. The summed E-state index contributed by atoms with van der Waals surface area (Å²) in [5, 5.41) is 0. The molecule has 1 unspecified atom stereocenters. The number of nitrogens with zero attached hydrogens (tertiary/aromatic N) is 5. The van der Waals surface area contributed by atoms with Crippen LogP contribution in [0.4, 0.5) is 11.6 Å². The van der Waals surface area contributed by atoms with Crippen molar-refractivity contribution in [3.05, 3.63) is 42.7 Å². The third-order valence-electron chi connectivity index (χ3n) is 5.78. The zero-order valence-corrected chi connectivity index (χ0v) is 17.8. The Morgan fingerprint density at radius 3 is 2.38 bits per heavy atom. The molecule has 2 aromatic rings. The third-order valence-corrected chi connectivity index (χ3v) is 7.69. The number of anilines is 2. The van der Waals surface area contributed by atoms with Crippen LogP contribution in [0, 0.1) is 5.92 Å². The number of hydrogen-bond acceptors (Lipinski definition) is 6. The highest BCUT2D eigenvalue weighted by Gasteiger charge is 2.27. The van der Waals surface area contributed by atoms with Gasteiger partial charge in [-0.2, -0.15) is 4.31 Å². The summed E-state index contributed by atoms with van der Waals surface area (Å²) in [4.78, 5) is 13.9. The number of sulfonamides is 1. The maximum absolute atomic E-state index is 12.9. The van der Waals surface area contributed by atoms with Crippen LogP contribution in [0.5, 0.6) is 0 Å². The van der Waals surface area contributed by atoms with E-state index in [1.807, 2.05) is 6.07 Å². The van der Waals surface area contributed by atoms with Crippen molar-refractivity contribution in [2.45, 2.75) is 31.1 Å². The summed E-state index contributed by atoms with van der Waals surface area (Å²) in [7, 11) is -3.46. The van der Waals surface area contributed by atoms with E-state index in [9.17, 15) is 8.42 Å². The van der Waals surface area contributed by atoms with Crippen LogP contribution in [0.2, 0.25) is 0 Å². The molecule has 0 amide bonds. The van der Waals surface area contributed by atoms with E-state index < -0.39 is 10.0 Å². The molecular formula is C21H29N5O2S. The van der Waals surface area contributed by atoms with Crippen molar-refractivity contribution in [1.82, 2.24) is 14.3 Å². The highest BCUT2D eigenvalue weighted by molar-refractivity contribution is 7.89. The predicted octanol–water partition coefficient (Wildman–Crippen LogP) is 2.61. The van der Waals surface area contributed by atoms with Gasteiger partial charge in [-0.1, -0.05) is 25.1 Å². The second kappa shape index (κ2) is 8.67. The van der Waals surface area contributed by atoms with Crippen molar-refractivity contribution in [1.29, 1.82) is 0 Å². The molecule has 2 fully saturated rings. The molecule has 0 aliphatic carbocycles. The molecule has 7 nitrogen and oxygen atoms in total. The molecule has 2 aliphatic rings. The van der Waals surface area contributed by atoms with Gasteiger partial charge in [0.05, 0.1) is 4.90 Å². The van der Waals surface area contributed by atoms with Crippen LogP contribution in [0.25, 0.3) is 0 Å². The molecule has 0 N–H and O–H groups in total. The quantitative estimate of drug-likeness (QED) is 0.765. The molecule has 2 saturated heterocycles. The standard InChI is InChI=1S/C21H29N5O2S/c1-18-7-5-10-25(16-18)21-15-20(22-17-23-21)24-11-6-12-26(14-13-24)29(27,28)19-8-3-2-4-9-19/h2-4,8-9,15,17-18H,5-7,10-14,16H2,1H3. The third kappa shape index (κ3) is 4.53. The lowest BCUT2D eigenvalue weighted by atomic mass is 10.0. The van der Waals surface area contributed by atoms with Gasteiger partial charge in [0, 0.05) is 45.3 Å². The molecule has 1 aromatic heterocycles. The zero-order valence-electron chi connectivity index (χ0n) is 16.9. The number of aromatic nitrogens is 2. The summed E-state index contributed by atoms with van der Waals surface area (Å²) in [5.41, 5.74) is 0. The molecule has 1 atom stereocenters. The highest BCUT2D eigenvalue weighted by Crippen LogP contribution is 2.25. The molecule has 4 rings (SSSR count). The minimum atomic E-state index is -3.46. The molecule has 0 saturated carbocycles. The number of piperidine rings is 1. The number of rotatable bonds is 4. The van der Waals surface area contributed by atoms with Crippen molar-refractivity contribution in [3.8, 4) is 0 Å². The SMILES string of the molecule is CC1CCCN(c2cc(N3CCCN(S(=O)(=O)c4ccccc4)CC3)ncn2)C1. The van der Waals surface area contributed by atoms with Crippen LogP contribution in [0.15, 0.2) is 47.6 Å². The zero-order chi connectivity index (χ0) is 20.3. The molecular weight excluding hydrogens is 386 g/mol. The van der Waals surface area contributed by atoms with Crippen LogP contribution in [-0.2, 0) is 10.0 Å². The van der Waals surface area contributed by atoms with Crippen LogP contribution in [-0.4, -0.2) is 62.0 Å². The molecule has 3 heterocycles. The Hall–Kier alpha value is -2.19. The van der Waals surface area contributed by atoms with Crippen molar-refractivity contribution in [3.63, 3.8) is 0 Å². The lowest BCUT2D eigenvalue weighted by molar-refractivity contribution is 0.433. The maximum Gasteiger partial charge on any atom is 0.243 e. The Labute approximate surface area is 173 Å². The van der Waals surface area contributed by atoms with E-state index in [1.54, 1.807) is 34.9 Å².